The van der Waals surface area contributed by atoms with Gasteiger partial charge in [0, 0.05) is 50.1 Å². The summed E-state index contributed by atoms with van der Waals surface area (Å²) in [6, 6.07) is 11.0. The van der Waals surface area contributed by atoms with Crippen LogP contribution < -0.4 is 16.0 Å². The van der Waals surface area contributed by atoms with E-state index in [9.17, 15) is 10.4 Å². The molecule has 0 amide bonds. The number of nitrogens with zero attached hydrogens (tertiary/aromatic N) is 3. The summed E-state index contributed by atoms with van der Waals surface area (Å²) in [5.41, 5.74) is 0.457. The van der Waals surface area contributed by atoms with Crippen LogP contribution in [0.25, 0.3) is 11.3 Å². The third-order valence-electron chi connectivity index (χ3n) is 7.08. The van der Waals surface area contributed by atoms with Crippen LogP contribution in [-0.4, -0.2) is 59.1 Å². The second kappa shape index (κ2) is 11.7. The molecule has 0 radical (unpaired) electrons. The largest absolute Gasteiger partial charge is 0.389 e. The number of aromatic nitrogens is 2. The van der Waals surface area contributed by atoms with Gasteiger partial charge in [0.15, 0.2) is 0 Å². The topological polar surface area (TPSA) is 115 Å². The minimum absolute atomic E-state index is 0.342. The Morgan fingerprint density at radius 1 is 1.17 bits per heavy atom. The molecule has 8 nitrogen and oxygen atoms in total. The van der Waals surface area contributed by atoms with Crippen molar-refractivity contribution >= 4 is 23.2 Å². The summed E-state index contributed by atoms with van der Waals surface area (Å²) in [5, 5.41) is 30.6. The van der Waals surface area contributed by atoms with Crippen LogP contribution in [0.15, 0.2) is 30.5 Å². The van der Waals surface area contributed by atoms with Crippen molar-refractivity contribution in [1.29, 1.82) is 5.26 Å². The van der Waals surface area contributed by atoms with Gasteiger partial charge in [-0.05, 0) is 70.6 Å². The third-order valence-corrected chi connectivity index (χ3v) is 7.38. The van der Waals surface area contributed by atoms with Crippen LogP contribution in [0.5, 0.6) is 0 Å². The molecule has 0 spiro atoms. The average molecular weight is 513 g/mol. The standard InChI is InChI=1S/C27H37ClN6O2/c1-26(2,35)17-31-19-6-8-20(9-7-19)33-25-14-21(22(28)15-30-25)23-4-3-5-24(34-23)32-18-27(16-29)10-12-36-13-11-27/h3-5,14-15,19-20,31,35H,6-13,17-18H2,1-2H3,(H,30,33)(H,32,34). The van der Waals surface area contributed by atoms with Crippen LogP contribution in [0.2, 0.25) is 5.02 Å². The predicted molar refractivity (Wildman–Crippen MR) is 143 cm³/mol. The lowest BCUT2D eigenvalue weighted by Gasteiger charge is -2.31. The fourth-order valence-corrected chi connectivity index (χ4v) is 4.99. The van der Waals surface area contributed by atoms with Crippen molar-refractivity contribution in [2.45, 2.75) is 70.1 Å². The van der Waals surface area contributed by atoms with Gasteiger partial charge in [0.25, 0.3) is 0 Å². The number of hydrogen-bond acceptors (Lipinski definition) is 8. The van der Waals surface area contributed by atoms with Crippen molar-refractivity contribution in [1.82, 2.24) is 15.3 Å². The van der Waals surface area contributed by atoms with E-state index in [1.54, 1.807) is 6.20 Å². The molecule has 2 aliphatic rings. The number of pyridine rings is 2. The van der Waals surface area contributed by atoms with E-state index in [1.165, 1.54) is 0 Å². The molecule has 1 aliphatic heterocycles. The number of anilines is 2. The molecule has 1 aliphatic carbocycles. The van der Waals surface area contributed by atoms with Crippen LogP contribution in [0, 0.1) is 16.7 Å². The summed E-state index contributed by atoms with van der Waals surface area (Å²) in [6.45, 7) is 6.02. The molecule has 2 aromatic rings. The van der Waals surface area contributed by atoms with E-state index >= 15 is 0 Å². The highest BCUT2D eigenvalue weighted by atomic mass is 35.5. The highest BCUT2D eigenvalue weighted by Crippen LogP contribution is 2.32. The van der Waals surface area contributed by atoms with Crippen LogP contribution in [0.3, 0.4) is 0 Å². The average Bonchev–Trinajstić information content (AvgIpc) is 2.88. The van der Waals surface area contributed by atoms with Gasteiger partial charge in [-0.15, -0.1) is 0 Å². The Bertz CT molecular complexity index is 1050. The van der Waals surface area contributed by atoms with Crippen LogP contribution >= 0.6 is 11.6 Å². The molecule has 1 saturated heterocycles. The zero-order valence-electron chi connectivity index (χ0n) is 21.2. The Labute approximate surface area is 218 Å². The third kappa shape index (κ3) is 7.30. The molecule has 2 fully saturated rings. The lowest BCUT2D eigenvalue weighted by molar-refractivity contribution is 0.0455. The van der Waals surface area contributed by atoms with Gasteiger partial charge in [0.2, 0.25) is 0 Å². The normalized spacial score (nSPS) is 22.0. The summed E-state index contributed by atoms with van der Waals surface area (Å²) >= 11 is 6.52. The Morgan fingerprint density at radius 2 is 1.89 bits per heavy atom. The van der Waals surface area contributed by atoms with Gasteiger partial charge >= 0.3 is 0 Å². The summed E-state index contributed by atoms with van der Waals surface area (Å²) in [6.07, 6.45) is 7.29. The molecule has 194 valence electrons. The van der Waals surface area contributed by atoms with Gasteiger partial charge in [-0.3, -0.25) is 0 Å². The monoisotopic (exact) mass is 512 g/mol. The Balaban J connectivity index is 1.37. The molecule has 4 rings (SSSR count). The maximum absolute atomic E-state index is 9.95. The van der Waals surface area contributed by atoms with Crippen molar-refractivity contribution in [3.8, 4) is 17.3 Å². The number of rotatable bonds is 9. The van der Waals surface area contributed by atoms with Gasteiger partial charge in [-0.1, -0.05) is 17.7 Å². The lowest BCUT2D eigenvalue weighted by Crippen LogP contribution is -2.43. The summed E-state index contributed by atoms with van der Waals surface area (Å²) in [4.78, 5) is 9.27. The van der Waals surface area contributed by atoms with E-state index in [0.29, 0.717) is 49.2 Å². The van der Waals surface area contributed by atoms with Crippen molar-refractivity contribution in [2.24, 2.45) is 5.41 Å². The molecule has 0 unspecified atom stereocenters. The minimum atomic E-state index is -0.693. The number of aliphatic hydroxyl groups is 1. The quantitative estimate of drug-likeness (QED) is 0.385. The first-order chi connectivity index (χ1) is 17.3. The maximum atomic E-state index is 9.95. The van der Waals surface area contributed by atoms with Crippen molar-refractivity contribution in [2.75, 3.05) is 36.9 Å². The van der Waals surface area contributed by atoms with Gasteiger partial charge in [0.1, 0.15) is 11.6 Å². The van der Waals surface area contributed by atoms with E-state index in [4.69, 9.17) is 21.3 Å². The number of hydrogen-bond donors (Lipinski definition) is 4. The first-order valence-electron chi connectivity index (χ1n) is 12.8. The zero-order chi connectivity index (χ0) is 25.6. The molecule has 0 aromatic carbocycles. The zero-order valence-corrected chi connectivity index (χ0v) is 21.9. The highest BCUT2D eigenvalue weighted by molar-refractivity contribution is 6.33. The maximum Gasteiger partial charge on any atom is 0.126 e. The molecule has 1 saturated carbocycles. The van der Waals surface area contributed by atoms with Crippen LogP contribution in [0.4, 0.5) is 11.6 Å². The molecular weight excluding hydrogens is 476 g/mol. The van der Waals surface area contributed by atoms with E-state index in [-0.39, 0.29) is 0 Å². The SMILES string of the molecule is CC(C)(O)CNC1CCC(Nc2cc(-c3cccc(NCC4(C#N)CCOCC4)n3)c(Cl)cn2)CC1. The number of ether oxygens (including phenoxy) is 1. The van der Waals surface area contributed by atoms with Gasteiger partial charge < -0.3 is 25.8 Å². The molecule has 4 N–H and O–H groups in total. The fraction of sp³-hybridized carbons (Fsp3) is 0.593. The van der Waals surface area contributed by atoms with E-state index in [1.807, 2.05) is 38.1 Å². The lowest BCUT2D eigenvalue weighted by atomic mass is 9.82. The van der Waals surface area contributed by atoms with E-state index in [0.717, 1.165) is 55.6 Å². The molecule has 3 heterocycles. The number of nitrogens with one attached hydrogen (secondary N) is 3. The second-order valence-electron chi connectivity index (χ2n) is 10.7. The summed E-state index contributed by atoms with van der Waals surface area (Å²) in [7, 11) is 0. The molecule has 0 bridgehead atoms. The molecule has 2 aromatic heterocycles. The van der Waals surface area contributed by atoms with E-state index in [2.05, 4.69) is 27.0 Å². The molecule has 0 atom stereocenters. The smallest absolute Gasteiger partial charge is 0.126 e. The predicted octanol–water partition coefficient (Wildman–Crippen LogP) is 4.61. The summed E-state index contributed by atoms with van der Waals surface area (Å²) < 4.78 is 5.43. The first kappa shape index (κ1) is 26.6. The molecule has 9 heteroatoms. The van der Waals surface area contributed by atoms with Crippen LogP contribution in [-0.2, 0) is 4.74 Å². The highest BCUT2D eigenvalue weighted by Gasteiger charge is 2.32. The second-order valence-corrected chi connectivity index (χ2v) is 11.1. The minimum Gasteiger partial charge on any atom is -0.389 e. The van der Waals surface area contributed by atoms with Gasteiger partial charge in [-0.2, -0.15) is 5.26 Å². The Hall–Kier alpha value is -2.44. The van der Waals surface area contributed by atoms with Crippen LogP contribution in [0.1, 0.15) is 52.4 Å². The fourth-order valence-electron chi connectivity index (χ4n) is 4.79. The molecular formula is C27H37ClN6O2. The number of nitriles is 1. The molecule has 36 heavy (non-hydrogen) atoms. The number of halogens is 1. The summed E-state index contributed by atoms with van der Waals surface area (Å²) in [5.74, 6) is 1.50. The van der Waals surface area contributed by atoms with Crippen molar-refractivity contribution < 1.29 is 9.84 Å². The van der Waals surface area contributed by atoms with Crippen molar-refractivity contribution in [3.63, 3.8) is 0 Å². The van der Waals surface area contributed by atoms with Gasteiger partial charge in [0.05, 0.1) is 27.8 Å². The Morgan fingerprint density at radius 3 is 2.58 bits per heavy atom. The Kier molecular flexibility index (Phi) is 8.68. The van der Waals surface area contributed by atoms with Gasteiger partial charge in [-0.25, -0.2) is 9.97 Å². The van der Waals surface area contributed by atoms with E-state index < -0.39 is 11.0 Å². The first-order valence-corrected chi connectivity index (χ1v) is 13.2. The van der Waals surface area contributed by atoms with Crippen molar-refractivity contribution in [3.05, 3.63) is 35.5 Å².